The molecular weight excluding hydrogens is 408 g/mol. The van der Waals surface area contributed by atoms with Crippen LogP contribution in [0.1, 0.15) is 18.4 Å². The van der Waals surface area contributed by atoms with E-state index in [9.17, 15) is 14.4 Å². The highest BCUT2D eigenvalue weighted by Crippen LogP contribution is 2.32. The van der Waals surface area contributed by atoms with Crippen LogP contribution in [0.2, 0.25) is 5.02 Å². The lowest BCUT2D eigenvalue weighted by atomic mass is 9.97. The van der Waals surface area contributed by atoms with E-state index in [1.807, 2.05) is 0 Å². The third-order valence-electron chi connectivity index (χ3n) is 4.53. The zero-order valence-corrected chi connectivity index (χ0v) is 16.6. The summed E-state index contributed by atoms with van der Waals surface area (Å²) in [4.78, 5) is 39.5. The Labute approximate surface area is 171 Å². The van der Waals surface area contributed by atoms with E-state index in [2.05, 4.69) is 0 Å². The molecule has 1 aromatic rings. The number of hydrogen-bond acceptors (Lipinski definition) is 5. The summed E-state index contributed by atoms with van der Waals surface area (Å²) in [6, 6.07) is 7.07. The minimum absolute atomic E-state index is 0.125. The maximum absolute atomic E-state index is 12.6. The van der Waals surface area contributed by atoms with Crippen LogP contribution in [0, 0.1) is 5.92 Å². The summed E-state index contributed by atoms with van der Waals surface area (Å²) < 4.78 is 0.342. The predicted molar refractivity (Wildman–Crippen MR) is 108 cm³/mol. The predicted octanol–water partition coefficient (Wildman–Crippen LogP) is 2.86. The molecule has 0 saturated carbocycles. The van der Waals surface area contributed by atoms with Crippen molar-refractivity contribution in [3.8, 4) is 0 Å². The van der Waals surface area contributed by atoms with Crippen molar-refractivity contribution in [3.05, 3.63) is 39.8 Å². The standard InChI is InChI=1S/C18H17ClN2O4S2/c19-13-3-1-11(2-4-13)9-14-16(23)21(18(26)27-14)10-15(22)20-7-5-12(6-8-20)17(24)25/h1-4,9,12H,5-8,10H2,(H,24,25). The fraction of sp³-hybridized carbons (Fsp3) is 0.333. The molecule has 2 amide bonds. The van der Waals surface area contributed by atoms with Crippen molar-refractivity contribution in [1.29, 1.82) is 0 Å². The van der Waals surface area contributed by atoms with Gasteiger partial charge in [-0.25, -0.2) is 0 Å². The minimum Gasteiger partial charge on any atom is -0.481 e. The average molecular weight is 425 g/mol. The van der Waals surface area contributed by atoms with Crippen LogP contribution in [0.4, 0.5) is 0 Å². The Balaban J connectivity index is 1.63. The van der Waals surface area contributed by atoms with Crippen molar-refractivity contribution >= 4 is 63.8 Å². The van der Waals surface area contributed by atoms with Crippen molar-refractivity contribution in [2.45, 2.75) is 12.8 Å². The SMILES string of the molecule is O=C(O)C1CCN(C(=O)CN2C(=O)C(=Cc3ccc(Cl)cc3)SC2=S)CC1. The first-order chi connectivity index (χ1) is 12.8. The lowest BCUT2D eigenvalue weighted by Gasteiger charge is -2.31. The number of amides is 2. The molecule has 27 heavy (non-hydrogen) atoms. The lowest BCUT2D eigenvalue weighted by Crippen LogP contribution is -2.46. The van der Waals surface area contributed by atoms with Crippen LogP contribution in [0.15, 0.2) is 29.2 Å². The zero-order chi connectivity index (χ0) is 19.6. The van der Waals surface area contributed by atoms with E-state index >= 15 is 0 Å². The van der Waals surface area contributed by atoms with Gasteiger partial charge in [0.2, 0.25) is 5.91 Å². The van der Waals surface area contributed by atoms with Crippen LogP contribution in [-0.2, 0) is 14.4 Å². The number of carboxylic acid groups (broad SMARTS) is 1. The van der Waals surface area contributed by atoms with Gasteiger partial charge in [0.1, 0.15) is 10.9 Å². The van der Waals surface area contributed by atoms with Gasteiger partial charge in [-0.1, -0.05) is 47.7 Å². The molecule has 3 rings (SSSR count). The van der Waals surface area contributed by atoms with Crippen LogP contribution in [0.3, 0.4) is 0 Å². The Hall–Kier alpha value is -1.90. The normalized spacial score (nSPS) is 19.8. The van der Waals surface area contributed by atoms with Gasteiger partial charge < -0.3 is 10.0 Å². The average Bonchev–Trinajstić information content (AvgIpc) is 2.91. The first kappa shape index (κ1) is 19.9. The van der Waals surface area contributed by atoms with E-state index in [0.29, 0.717) is 40.2 Å². The smallest absolute Gasteiger partial charge is 0.306 e. The molecule has 2 aliphatic rings. The Morgan fingerprint density at radius 1 is 1.26 bits per heavy atom. The van der Waals surface area contributed by atoms with Crippen LogP contribution in [0.5, 0.6) is 0 Å². The second-order valence-corrected chi connectivity index (χ2v) is 8.42. The highest BCUT2D eigenvalue weighted by Gasteiger charge is 2.35. The Morgan fingerprint density at radius 2 is 1.89 bits per heavy atom. The zero-order valence-electron chi connectivity index (χ0n) is 14.3. The number of thioether (sulfide) groups is 1. The second-order valence-electron chi connectivity index (χ2n) is 6.31. The third kappa shape index (κ3) is 4.69. The first-order valence-corrected chi connectivity index (χ1v) is 9.97. The highest BCUT2D eigenvalue weighted by molar-refractivity contribution is 8.26. The number of thiocarbonyl (C=S) groups is 1. The van der Waals surface area contributed by atoms with Gasteiger partial charge in [0, 0.05) is 18.1 Å². The van der Waals surface area contributed by atoms with Crippen LogP contribution < -0.4 is 0 Å². The summed E-state index contributed by atoms with van der Waals surface area (Å²) in [5, 5.41) is 9.65. The van der Waals surface area contributed by atoms with Crippen LogP contribution in [0.25, 0.3) is 6.08 Å². The Morgan fingerprint density at radius 3 is 2.48 bits per heavy atom. The monoisotopic (exact) mass is 424 g/mol. The van der Waals surface area contributed by atoms with Crippen molar-refractivity contribution in [2.75, 3.05) is 19.6 Å². The highest BCUT2D eigenvalue weighted by atomic mass is 35.5. The molecule has 0 aromatic heterocycles. The minimum atomic E-state index is -0.827. The number of carbonyl (C=O) groups excluding carboxylic acids is 2. The largest absolute Gasteiger partial charge is 0.481 e. The molecule has 142 valence electrons. The molecule has 2 fully saturated rings. The number of likely N-dealkylation sites (tertiary alicyclic amines) is 1. The van der Waals surface area contributed by atoms with Gasteiger partial charge >= 0.3 is 5.97 Å². The Kier molecular flexibility index (Phi) is 6.18. The van der Waals surface area contributed by atoms with Gasteiger partial charge in [0.15, 0.2) is 0 Å². The molecule has 0 bridgehead atoms. The van der Waals surface area contributed by atoms with E-state index in [4.69, 9.17) is 28.9 Å². The molecule has 0 radical (unpaired) electrons. The number of carbonyl (C=O) groups is 3. The summed E-state index contributed by atoms with van der Waals surface area (Å²) >= 11 is 12.3. The summed E-state index contributed by atoms with van der Waals surface area (Å²) in [6.07, 6.45) is 2.57. The van der Waals surface area contributed by atoms with Gasteiger partial charge in [0.05, 0.1) is 10.8 Å². The molecular formula is C18H17ClN2O4S2. The number of hydrogen-bond donors (Lipinski definition) is 1. The number of piperidine rings is 1. The summed E-state index contributed by atoms with van der Waals surface area (Å²) in [7, 11) is 0. The number of rotatable bonds is 4. The molecule has 6 nitrogen and oxygen atoms in total. The van der Waals surface area contributed by atoms with Crippen LogP contribution in [-0.4, -0.2) is 56.6 Å². The van der Waals surface area contributed by atoms with Gasteiger partial charge in [-0.2, -0.15) is 0 Å². The molecule has 9 heteroatoms. The molecule has 0 aliphatic carbocycles. The maximum atomic E-state index is 12.6. The summed E-state index contributed by atoms with van der Waals surface area (Å²) in [5.74, 6) is -1.75. The number of halogens is 1. The molecule has 1 aromatic carbocycles. The summed E-state index contributed by atoms with van der Waals surface area (Å²) in [6.45, 7) is 0.636. The quantitative estimate of drug-likeness (QED) is 0.591. The number of nitrogens with zero attached hydrogens (tertiary/aromatic N) is 2. The van der Waals surface area contributed by atoms with Crippen molar-refractivity contribution < 1.29 is 19.5 Å². The molecule has 0 atom stereocenters. The fourth-order valence-corrected chi connectivity index (χ4v) is 4.34. The molecule has 2 aliphatic heterocycles. The van der Waals surface area contributed by atoms with E-state index in [0.717, 1.165) is 17.3 Å². The van der Waals surface area contributed by atoms with Gasteiger partial charge in [-0.05, 0) is 36.6 Å². The van der Waals surface area contributed by atoms with Crippen molar-refractivity contribution in [3.63, 3.8) is 0 Å². The molecule has 1 N–H and O–H groups in total. The lowest BCUT2D eigenvalue weighted by molar-refractivity contribution is -0.146. The topological polar surface area (TPSA) is 77.9 Å². The molecule has 2 heterocycles. The maximum Gasteiger partial charge on any atom is 0.306 e. The number of aliphatic carboxylic acids is 1. The molecule has 0 unspecified atom stereocenters. The van der Waals surface area contributed by atoms with Gasteiger partial charge in [0.25, 0.3) is 5.91 Å². The van der Waals surface area contributed by atoms with E-state index in [-0.39, 0.29) is 18.4 Å². The van der Waals surface area contributed by atoms with E-state index in [1.54, 1.807) is 35.2 Å². The molecule has 0 spiro atoms. The van der Waals surface area contributed by atoms with Crippen molar-refractivity contribution in [1.82, 2.24) is 9.80 Å². The summed E-state index contributed by atoms with van der Waals surface area (Å²) in [5.41, 5.74) is 0.821. The fourth-order valence-electron chi connectivity index (χ4n) is 2.96. The number of carboxylic acids is 1. The van der Waals surface area contributed by atoms with Crippen LogP contribution >= 0.6 is 35.6 Å². The van der Waals surface area contributed by atoms with Gasteiger partial charge in [-0.15, -0.1) is 0 Å². The molecule has 2 saturated heterocycles. The first-order valence-electron chi connectivity index (χ1n) is 8.36. The van der Waals surface area contributed by atoms with Gasteiger partial charge in [-0.3, -0.25) is 19.3 Å². The third-order valence-corrected chi connectivity index (χ3v) is 6.16. The second kappa shape index (κ2) is 8.41. The van der Waals surface area contributed by atoms with E-state index < -0.39 is 11.9 Å². The number of benzene rings is 1. The van der Waals surface area contributed by atoms with E-state index in [1.165, 1.54) is 4.90 Å². The van der Waals surface area contributed by atoms with Crippen molar-refractivity contribution in [2.24, 2.45) is 5.92 Å². The Bertz CT molecular complexity index is 817.